The highest BCUT2D eigenvalue weighted by molar-refractivity contribution is 5.79. The maximum absolute atomic E-state index is 12.4. The predicted molar refractivity (Wildman–Crippen MR) is 99.7 cm³/mol. The Morgan fingerprint density at radius 2 is 2.08 bits per heavy atom. The third-order valence-electron chi connectivity index (χ3n) is 4.89. The van der Waals surface area contributed by atoms with Crippen LogP contribution >= 0.6 is 0 Å². The summed E-state index contributed by atoms with van der Waals surface area (Å²) < 4.78 is 0. The molecule has 25 heavy (non-hydrogen) atoms. The first-order valence-electron chi connectivity index (χ1n) is 8.81. The molecule has 0 spiro atoms. The van der Waals surface area contributed by atoms with Gasteiger partial charge < -0.3 is 9.97 Å². The van der Waals surface area contributed by atoms with Gasteiger partial charge in [0.15, 0.2) is 0 Å². The van der Waals surface area contributed by atoms with E-state index in [4.69, 9.17) is 4.98 Å². The maximum Gasteiger partial charge on any atom is 0.254 e. The van der Waals surface area contributed by atoms with Crippen molar-refractivity contribution in [2.24, 2.45) is 0 Å². The summed E-state index contributed by atoms with van der Waals surface area (Å²) in [5.74, 6) is 0.770. The van der Waals surface area contributed by atoms with Crippen LogP contribution in [0.2, 0.25) is 0 Å². The first-order chi connectivity index (χ1) is 11.9. The topological polar surface area (TPSA) is 64.8 Å². The van der Waals surface area contributed by atoms with E-state index in [0.717, 1.165) is 48.7 Å². The normalized spacial score (nSPS) is 15.5. The smallest absolute Gasteiger partial charge is 0.254 e. The van der Waals surface area contributed by atoms with Crippen LogP contribution in [0.3, 0.4) is 0 Å². The molecule has 0 fully saturated rings. The first-order valence-corrected chi connectivity index (χ1v) is 8.81. The van der Waals surface area contributed by atoms with Gasteiger partial charge in [0.05, 0.1) is 5.69 Å². The molecule has 0 saturated carbocycles. The van der Waals surface area contributed by atoms with Gasteiger partial charge in [-0.25, -0.2) is 4.98 Å². The van der Waals surface area contributed by atoms with Gasteiger partial charge in [-0.15, -0.1) is 0 Å². The molecule has 3 heterocycles. The average Bonchev–Trinajstić information content (AvgIpc) is 3.01. The van der Waals surface area contributed by atoms with Gasteiger partial charge in [-0.3, -0.25) is 9.69 Å². The number of hydrogen-bond acceptors (Lipinski definition) is 3. The predicted octanol–water partition coefficient (Wildman–Crippen LogP) is 3.11. The van der Waals surface area contributed by atoms with Crippen LogP contribution in [0.5, 0.6) is 0 Å². The molecule has 2 aromatic heterocycles. The number of nitrogens with one attached hydrogen (secondary N) is 2. The molecule has 1 aliphatic rings. The van der Waals surface area contributed by atoms with Crippen molar-refractivity contribution in [1.29, 1.82) is 0 Å². The van der Waals surface area contributed by atoms with Gasteiger partial charge in [-0.2, -0.15) is 0 Å². The van der Waals surface area contributed by atoms with Crippen molar-refractivity contribution >= 4 is 10.9 Å². The number of aromatic amines is 2. The van der Waals surface area contributed by atoms with E-state index in [9.17, 15) is 4.79 Å². The van der Waals surface area contributed by atoms with Crippen molar-refractivity contribution in [2.75, 3.05) is 6.54 Å². The van der Waals surface area contributed by atoms with Gasteiger partial charge in [0.2, 0.25) is 0 Å². The Balaban J connectivity index is 1.59. The Morgan fingerprint density at radius 1 is 1.24 bits per heavy atom. The van der Waals surface area contributed by atoms with Crippen molar-refractivity contribution in [3.05, 3.63) is 63.5 Å². The van der Waals surface area contributed by atoms with Crippen molar-refractivity contribution in [1.82, 2.24) is 19.9 Å². The largest absolute Gasteiger partial charge is 0.361 e. The molecule has 1 aliphatic heterocycles. The number of rotatable bonds is 2. The second-order valence-electron chi connectivity index (χ2n) is 7.95. The van der Waals surface area contributed by atoms with Crippen LogP contribution in [-0.2, 0) is 24.9 Å². The van der Waals surface area contributed by atoms with Gasteiger partial charge in [0.25, 0.3) is 5.56 Å². The molecular formula is C20H24N4O. The van der Waals surface area contributed by atoms with E-state index in [0.29, 0.717) is 0 Å². The quantitative estimate of drug-likeness (QED) is 0.756. The zero-order chi connectivity index (χ0) is 17.6. The summed E-state index contributed by atoms with van der Waals surface area (Å²) in [5, 5.41) is 1.24. The zero-order valence-electron chi connectivity index (χ0n) is 15.0. The lowest BCUT2D eigenvalue weighted by molar-refractivity contribution is 0.239. The number of H-pyrrole nitrogens is 2. The van der Waals surface area contributed by atoms with E-state index in [1.165, 1.54) is 10.9 Å². The molecule has 5 nitrogen and oxygen atoms in total. The van der Waals surface area contributed by atoms with E-state index in [1.54, 1.807) is 0 Å². The summed E-state index contributed by atoms with van der Waals surface area (Å²) in [6.07, 6.45) is 2.73. The van der Waals surface area contributed by atoms with E-state index < -0.39 is 0 Å². The maximum atomic E-state index is 12.4. The highest BCUT2D eigenvalue weighted by Crippen LogP contribution is 2.22. The van der Waals surface area contributed by atoms with Crippen molar-refractivity contribution in [3.8, 4) is 0 Å². The molecule has 0 aliphatic carbocycles. The number of aromatic nitrogens is 3. The first kappa shape index (κ1) is 16.1. The summed E-state index contributed by atoms with van der Waals surface area (Å²) in [7, 11) is 0. The van der Waals surface area contributed by atoms with E-state index >= 15 is 0 Å². The molecule has 0 bridgehead atoms. The second kappa shape index (κ2) is 5.85. The van der Waals surface area contributed by atoms with Gasteiger partial charge in [-0.1, -0.05) is 26.8 Å². The molecule has 1 aromatic carbocycles. The molecular weight excluding hydrogens is 312 g/mol. The second-order valence-corrected chi connectivity index (χ2v) is 7.95. The van der Waals surface area contributed by atoms with E-state index in [1.807, 2.05) is 6.20 Å². The van der Waals surface area contributed by atoms with Crippen molar-refractivity contribution in [3.63, 3.8) is 0 Å². The lowest BCUT2D eigenvalue weighted by Gasteiger charge is -2.29. The van der Waals surface area contributed by atoms with Crippen LogP contribution < -0.4 is 5.56 Å². The van der Waals surface area contributed by atoms with Crippen LogP contribution in [0.25, 0.3) is 10.9 Å². The summed E-state index contributed by atoms with van der Waals surface area (Å²) >= 11 is 0. The highest BCUT2D eigenvalue weighted by atomic mass is 16.1. The van der Waals surface area contributed by atoms with Gasteiger partial charge >= 0.3 is 0 Å². The van der Waals surface area contributed by atoms with Crippen LogP contribution in [0.1, 0.15) is 43.4 Å². The number of nitrogens with zero attached hydrogens (tertiary/aromatic N) is 2. The molecule has 3 aromatic rings. The summed E-state index contributed by atoms with van der Waals surface area (Å²) in [4.78, 5) is 25.7. The molecule has 0 atom stereocenters. The van der Waals surface area contributed by atoms with Crippen LogP contribution in [0.4, 0.5) is 0 Å². The third kappa shape index (κ3) is 3.12. The molecule has 0 unspecified atom stereocenters. The van der Waals surface area contributed by atoms with E-state index in [2.05, 4.69) is 59.9 Å². The minimum absolute atomic E-state index is 0.0308. The standard InChI is InChI=1S/C20H24N4O/c1-20(2,3)19-22-17-12-24(9-7-15(17)18(25)23-19)11-13-4-5-16-14(10-13)6-8-21-16/h4-6,8,10,21H,7,9,11-12H2,1-3H3,(H,22,23,25). The molecule has 0 radical (unpaired) electrons. The lowest BCUT2D eigenvalue weighted by atomic mass is 9.95. The fourth-order valence-electron chi connectivity index (χ4n) is 3.44. The van der Waals surface area contributed by atoms with Crippen LogP contribution in [0, 0.1) is 0 Å². The summed E-state index contributed by atoms with van der Waals surface area (Å²) in [5.41, 5.74) is 4.11. The Kier molecular flexibility index (Phi) is 3.76. The van der Waals surface area contributed by atoms with Gasteiger partial charge in [0, 0.05) is 42.3 Å². The fourth-order valence-corrected chi connectivity index (χ4v) is 3.44. The summed E-state index contributed by atoms with van der Waals surface area (Å²) in [6.45, 7) is 8.71. The highest BCUT2D eigenvalue weighted by Gasteiger charge is 2.24. The number of fused-ring (bicyclic) bond motifs is 2. The number of benzene rings is 1. The molecule has 130 valence electrons. The van der Waals surface area contributed by atoms with Gasteiger partial charge in [-0.05, 0) is 35.6 Å². The Hall–Kier alpha value is -2.40. The monoisotopic (exact) mass is 336 g/mol. The fraction of sp³-hybridized carbons (Fsp3) is 0.400. The third-order valence-corrected chi connectivity index (χ3v) is 4.89. The molecule has 2 N–H and O–H groups in total. The van der Waals surface area contributed by atoms with Crippen molar-refractivity contribution in [2.45, 2.75) is 45.7 Å². The minimum atomic E-state index is -0.157. The zero-order valence-corrected chi connectivity index (χ0v) is 15.0. The van der Waals surface area contributed by atoms with Crippen molar-refractivity contribution < 1.29 is 0 Å². The lowest BCUT2D eigenvalue weighted by Crippen LogP contribution is -2.36. The minimum Gasteiger partial charge on any atom is -0.361 e. The number of hydrogen-bond donors (Lipinski definition) is 2. The van der Waals surface area contributed by atoms with Crippen LogP contribution in [0.15, 0.2) is 35.3 Å². The Morgan fingerprint density at radius 3 is 2.88 bits per heavy atom. The molecule has 0 amide bonds. The molecule has 4 rings (SSSR count). The Labute approximate surface area is 147 Å². The summed E-state index contributed by atoms with van der Waals surface area (Å²) in [6, 6.07) is 8.62. The average molecular weight is 336 g/mol. The van der Waals surface area contributed by atoms with Crippen LogP contribution in [-0.4, -0.2) is 26.4 Å². The molecule has 5 heteroatoms. The Bertz CT molecular complexity index is 977. The van der Waals surface area contributed by atoms with Gasteiger partial charge in [0.1, 0.15) is 5.82 Å². The van der Waals surface area contributed by atoms with E-state index in [-0.39, 0.29) is 11.0 Å². The molecule has 0 saturated heterocycles. The SMILES string of the molecule is CC(C)(C)c1nc2c(c(=O)[nH]1)CCN(Cc1ccc3[nH]ccc3c1)C2.